The Labute approximate surface area is 123 Å². The lowest BCUT2D eigenvalue weighted by Gasteiger charge is -2.23. The molecular weight excluding hydrogens is 264 g/mol. The lowest BCUT2D eigenvalue weighted by atomic mass is 9.98. The van der Waals surface area contributed by atoms with Crippen LogP contribution in [0.4, 0.5) is 5.82 Å². The lowest BCUT2D eigenvalue weighted by Crippen LogP contribution is -2.31. The number of piperidine rings is 1. The molecule has 1 aromatic carbocycles. The number of rotatable bonds is 4. The van der Waals surface area contributed by atoms with Gasteiger partial charge < -0.3 is 16.4 Å². The Kier molecular flexibility index (Phi) is 4.01. The maximum absolute atomic E-state index is 11.6. The van der Waals surface area contributed by atoms with Gasteiger partial charge >= 0.3 is 0 Å². The average molecular weight is 284 g/mol. The third-order valence-corrected chi connectivity index (χ3v) is 4.01. The highest BCUT2D eigenvalue weighted by Gasteiger charge is 2.14. The van der Waals surface area contributed by atoms with E-state index in [-0.39, 0.29) is 0 Å². The van der Waals surface area contributed by atoms with E-state index < -0.39 is 5.91 Å². The summed E-state index contributed by atoms with van der Waals surface area (Å²) in [6.07, 6.45) is 2.34. The zero-order valence-corrected chi connectivity index (χ0v) is 11.9. The Balaban J connectivity index is 1.83. The summed E-state index contributed by atoms with van der Waals surface area (Å²) in [4.78, 5) is 16.2. The molecule has 2 heterocycles. The van der Waals surface area contributed by atoms with Crippen LogP contribution in [0.15, 0.2) is 30.3 Å². The van der Waals surface area contributed by atoms with Gasteiger partial charge in [0, 0.05) is 11.9 Å². The van der Waals surface area contributed by atoms with Crippen molar-refractivity contribution < 1.29 is 4.79 Å². The molecular formula is C16H20N4O. The van der Waals surface area contributed by atoms with Crippen molar-refractivity contribution in [2.45, 2.75) is 12.8 Å². The number of benzene rings is 1. The molecule has 5 nitrogen and oxygen atoms in total. The second-order valence-corrected chi connectivity index (χ2v) is 5.51. The molecule has 0 aliphatic carbocycles. The van der Waals surface area contributed by atoms with Crippen molar-refractivity contribution in [3.8, 4) is 0 Å². The molecule has 1 aliphatic rings. The van der Waals surface area contributed by atoms with E-state index in [9.17, 15) is 4.79 Å². The van der Waals surface area contributed by atoms with Gasteiger partial charge in [-0.05, 0) is 44.0 Å². The zero-order chi connectivity index (χ0) is 14.7. The van der Waals surface area contributed by atoms with Gasteiger partial charge in [0.25, 0.3) is 0 Å². The summed E-state index contributed by atoms with van der Waals surface area (Å²) in [5.41, 5.74) is 6.80. The minimum Gasteiger partial charge on any atom is -0.370 e. The van der Waals surface area contributed by atoms with Gasteiger partial charge in [0.15, 0.2) is 0 Å². The number of nitrogens with zero attached hydrogens (tertiary/aromatic N) is 1. The van der Waals surface area contributed by atoms with Gasteiger partial charge in [0.05, 0.1) is 11.1 Å². The number of pyridine rings is 1. The van der Waals surface area contributed by atoms with Crippen LogP contribution in [0.3, 0.4) is 0 Å². The van der Waals surface area contributed by atoms with Crippen LogP contribution >= 0.6 is 0 Å². The molecule has 2 aromatic rings. The summed E-state index contributed by atoms with van der Waals surface area (Å²) in [5.74, 6) is 0.955. The summed E-state index contributed by atoms with van der Waals surface area (Å²) in [6.45, 7) is 3.03. The molecule has 4 N–H and O–H groups in total. The first-order valence-corrected chi connectivity index (χ1v) is 7.38. The molecule has 110 valence electrons. The van der Waals surface area contributed by atoms with Gasteiger partial charge in [-0.25, -0.2) is 4.98 Å². The van der Waals surface area contributed by atoms with E-state index in [1.54, 1.807) is 6.07 Å². The predicted octanol–water partition coefficient (Wildman–Crippen LogP) is 1.75. The van der Waals surface area contributed by atoms with Crippen molar-refractivity contribution in [2.24, 2.45) is 11.7 Å². The molecule has 0 radical (unpaired) electrons. The van der Waals surface area contributed by atoms with Gasteiger partial charge in [-0.2, -0.15) is 0 Å². The molecule has 1 saturated heterocycles. The first-order chi connectivity index (χ1) is 10.2. The van der Waals surface area contributed by atoms with Crippen LogP contribution in [0.1, 0.15) is 23.2 Å². The number of nitrogens with one attached hydrogen (secondary N) is 2. The van der Waals surface area contributed by atoms with Crippen molar-refractivity contribution in [1.29, 1.82) is 0 Å². The highest BCUT2D eigenvalue weighted by Crippen LogP contribution is 2.21. The number of nitrogens with two attached hydrogens (primary N) is 1. The Hall–Kier alpha value is -2.14. The third kappa shape index (κ3) is 3.13. The van der Waals surface area contributed by atoms with Crippen LogP contribution in [0.2, 0.25) is 0 Å². The molecule has 0 atom stereocenters. The Morgan fingerprint density at radius 2 is 2.10 bits per heavy atom. The second-order valence-electron chi connectivity index (χ2n) is 5.51. The van der Waals surface area contributed by atoms with E-state index in [1.807, 2.05) is 24.3 Å². The molecule has 1 aromatic heterocycles. The fourth-order valence-corrected chi connectivity index (χ4v) is 2.80. The molecule has 1 aliphatic heterocycles. The van der Waals surface area contributed by atoms with Crippen LogP contribution in [-0.4, -0.2) is 30.5 Å². The van der Waals surface area contributed by atoms with E-state index in [0.717, 1.165) is 36.4 Å². The van der Waals surface area contributed by atoms with Crippen LogP contribution < -0.4 is 16.4 Å². The molecule has 1 fully saturated rings. The van der Waals surface area contributed by atoms with E-state index in [4.69, 9.17) is 5.73 Å². The number of amides is 1. The van der Waals surface area contributed by atoms with Gasteiger partial charge in [-0.1, -0.05) is 18.2 Å². The fourth-order valence-electron chi connectivity index (χ4n) is 2.80. The Bertz CT molecular complexity index is 650. The Morgan fingerprint density at radius 1 is 1.33 bits per heavy atom. The number of hydrogen-bond donors (Lipinski definition) is 3. The summed E-state index contributed by atoms with van der Waals surface area (Å²) in [7, 11) is 0. The zero-order valence-electron chi connectivity index (χ0n) is 11.9. The third-order valence-electron chi connectivity index (χ3n) is 4.01. The quantitative estimate of drug-likeness (QED) is 0.799. The molecule has 0 saturated carbocycles. The number of carbonyl (C=O) groups is 1. The maximum Gasteiger partial charge on any atom is 0.249 e. The van der Waals surface area contributed by atoms with E-state index in [2.05, 4.69) is 15.6 Å². The summed E-state index contributed by atoms with van der Waals surface area (Å²) < 4.78 is 0. The largest absolute Gasteiger partial charge is 0.370 e. The number of anilines is 1. The summed E-state index contributed by atoms with van der Waals surface area (Å²) in [6, 6.07) is 9.33. The standard InChI is InChI=1S/C16H20N4O/c17-16(21)13-9-15(19-10-11-5-7-18-8-6-11)20-14-4-2-1-3-12(13)14/h1-4,9,11,18H,5-8,10H2,(H2,17,21)(H,19,20). The van der Waals surface area contributed by atoms with Crippen molar-refractivity contribution in [3.05, 3.63) is 35.9 Å². The predicted molar refractivity (Wildman–Crippen MR) is 84.3 cm³/mol. The van der Waals surface area contributed by atoms with Crippen molar-refractivity contribution in [2.75, 3.05) is 25.0 Å². The molecule has 5 heteroatoms. The smallest absolute Gasteiger partial charge is 0.249 e. The fraction of sp³-hybridized carbons (Fsp3) is 0.375. The lowest BCUT2D eigenvalue weighted by molar-refractivity contribution is 0.100. The molecule has 0 spiro atoms. The number of carbonyl (C=O) groups excluding carboxylic acids is 1. The van der Waals surface area contributed by atoms with Crippen LogP contribution in [-0.2, 0) is 0 Å². The van der Waals surface area contributed by atoms with Gasteiger partial charge in [-0.3, -0.25) is 4.79 Å². The minimum absolute atomic E-state index is 0.418. The average Bonchev–Trinajstić information content (AvgIpc) is 2.53. The van der Waals surface area contributed by atoms with Crippen LogP contribution in [0.25, 0.3) is 10.9 Å². The SMILES string of the molecule is NC(=O)c1cc(NCC2CCNCC2)nc2ccccc12. The van der Waals surface area contributed by atoms with Crippen LogP contribution in [0, 0.1) is 5.92 Å². The molecule has 0 unspecified atom stereocenters. The van der Waals surface area contributed by atoms with Gasteiger partial charge in [-0.15, -0.1) is 0 Å². The van der Waals surface area contributed by atoms with E-state index in [0.29, 0.717) is 11.5 Å². The summed E-state index contributed by atoms with van der Waals surface area (Å²) >= 11 is 0. The van der Waals surface area contributed by atoms with E-state index >= 15 is 0 Å². The number of primary amides is 1. The summed E-state index contributed by atoms with van der Waals surface area (Å²) in [5, 5.41) is 7.51. The number of aromatic nitrogens is 1. The normalized spacial score (nSPS) is 16.0. The first kappa shape index (κ1) is 13.8. The van der Waals surface area contributed by atoms with Crippen LogP contribution in [0.5, 0.6) is 0 Å². The van der Waals surface area contributed by atoms with Crippen molar-refractivity contribution in [3.63, 3.8) is 0 Å². The number of fused-ring (bicyclic) bond motifs is 1. The molecule has 0 bridgehead atoms. The molecule has 21 heavy (non-hydrogen) atoms. The highest BCUT2D eigenvalue weighted by atomic mass is 16.1. The topological polar surface area (TPSA) is 80.0 Å². The molecule has 3 rings (SSSR count). The monoisotopic (exact) mass is 284 g/mol. The maximum atomic E-state index is 11.6. The van der Waals surface area contributed by atoms with Gasteiger partial charge in [0.1, 0.15) is 5.82 Å². The molecule has 1 amide bonds. The highest BCUT2D eigenvalue weighted by molar-refractivity contribution is 6.06. The van der Waals surface area contributed by atoms with E-state index in [1.165, 1.54) is 12.8 Å². The number of para-hydroxylation sites is 1. The Morgan fingerprint density at radius 3 is 2.86 bits per heavy atom. The van der Waals surface area contributed by atoms with Crippen molar-refractivity contribution in [1.82, 2.24) is 10.3 Å². The first-order valence-electron chi connectivity index (χ1n) is 7.38. The van der Waals surface area contributed by atoms with Gasteiger partial charge in [0.2, 0.25) is 5.91 Å². The minimum atomic E-state index is -0.418. The number of hydrogen-bond acceptors (Lipinski definition) is 4. The second kappa shape index (κ2) is 6.10. The van der Waals surface area contributed by atoms with Crippen molar-refractivity contribution >= 4 is 22.6 Å².